The van der Waals surface area contributed by atoms with Gasteiger partial charge in [0.1, 0.15) is 18.6 Å². The highest BCUT2D eigenvalue weighted by Crippen LogP contribution is 2.29. The van der Waals surface area contributed by atoms with Crippen LogP contribution in [0.25, 0.3) is 16.7 Å². The lowest BCUT2D eigenvalue weighted by Crippen LogP contribution is -2.03. The molecule has 0 radical (unpaired) electrons. The van der Waals surface area contributed by atoms with Gasteiger partial charge in [-0.2, -0.15) is 0 Å². The Balaban J connectivity index is 1.52. The molecule has 0 spiro atoms. The van der Waals surface area contributed by atoms with E-state index in [-0.39, 0.29) is 6.61 Å². The second-order valence-electron chi connectivity index (χ2n) is 7.46. The lowest BCUT2D eigenvalue weighted by molar-refractivity contribution is 0.276. The third-order valence-electron chi connectivity index (χ3n) is 5.60. The first-order valence-electron chi connectivity index (χ1n) is 10.1. The fraction of sp³-hybridized carbons (Fsp3) is 0.208. The molecule has 0 fully saturated rings. The van der Waals surface area contributed by atoms with Crippen molar-refractivity contribution in [3.8, 4) is 11.5 Å². The molecule has 0 atom stereocenters. The molecule has 3 heterocycles. The topological polar surface area (TPSA) is 66.5 Å². The van der Waals surface area contributed by atoms with Crippen molar-refractivity contribution in [3.63, 3.8) is 0 Å². The average Bonchev–Trinajstić information content (AvgIpc) is 3.33. The summed E-state index contributed by atoms with van der Waals surface area (Å²) in [5.74, 6) is 1.93. The number of aryl methyl sites for hydroxylation is 1. The Morgan fingerprint density at radius 1 is 0.903 bits per heavy atom. The predicted molar refractivity (Wildman–Crippen MR) is 119 cm³/mol. The van der Waals surface area contributed by atoms with Crippen molar-refractivity contribution < 1.29 is 9.47 Å². The van der Waals surface area contributed by atoms with Gasteiger partial charge in [-0.1, -0.05) is 42.5 Å². The number of para-hydroxylation sites is 2. The second-order valence-corrected chi connectivity index (χ2v) is 7.46. The number of nitrogens with zero attached hydrogens (tertiary/aromatic N) is 5. The Kier molecular flexibility index (Phi) is 4.78. The van der Waals surface area contributed by atoms with Crippen LogP contribution in [0, 0.1) is 13.8 Å². The average molecular weight is 413 g/mol. The van der Waals surface area contributed by atoms with E-state index in [1.165, 1.54) is 11.3 Å². The standard InChI is InChI=1S/C24H23N5O2/c1-16-17(2)28(13-18-9-5-4-6-10-18)23-22(16)24-26-21(27-29(24)15-25-23)14-31-20-12-8-7-11-19(20)30-3/h4-12,15H,13-14H2,1-3H3. The Bertz CT molecular complexity index is 1370. The maximum atomic E-state index is 5.90. The van der Waals surface area contributed by atoms with Crippen LogP contribution in [0.2, 0.25) is 0 Å². The molecular formula is C24H23N5O2. The highest BCUT2D eigenvalue weighted by atomic mass is 16.5. The molecule has 7 nitrogen and oxygen atoms in total. The fourth-order valence-electron chi connectivity index (χ4n) is 3.88. The van der Waals surface area contributed by atoms with Crippen molar-refractivity contribution in [2.24, 2.45) is 0 Å². The van der Waals surface area contributed by atoms with Gasteiger partial charge in [0, 0.05) is 12.2 Å². The summed E-state index contributed by atoms with van der Waals surface area (Å²) in [6.07, 6.45) is 1.72. The number of methoxy groups -OCH3 is 1. The van der Waals surface area contributed by atoms with Crippen molar-refractivity contribution in [3.05, 3.63) is 83.6 Å². The smallest absolute Gasteiger partial charge is 0.189 e. The Labute approximate surface area is 179 Å². The second kappa shape index (κ2) is 7.75. The summed E-state index contributed by atoms with van der Waals surface area (Å²) in [6.45, 7) is 5.24. The molecule has 7 heteroatoms. The van der Waals surface area contributed by atoms with Gasteiger partial charge in [-0.05, 0) is 37.1 Å². The third kappa shape index (κ3) is 3.38. The van der Waals surface area contributed by atoms with Gasteiger partial charge in [-0.25, -0.2) is 14.5 Å². The monoisotopic (exact) mass is 413 g/mol. The lowest BCUT2D eigenvalue weighted by Gasteiger charge is -2.08. The number of benzene rings is 2. The van der Waals surface area contributed by atoms with E-state index in [1.54, 1.807) is 18.0 Å². The number of aromatic nitrogens is 5. The molecular weight excluding hydrogens is 390 g/mol. The maximum absolute atomic E-state index is 5.90. The number of fused-ring (bicyclic) bond motifs is 3. The number of hydrogen-bond donors (Lipinski definition) is 0. The fourth-order valence-corrected chi connectivity index (χ4v) is 3.88. The van der Waals surface area contributed by atoms with Crippen LogP contribution in [0.3, 0.4) is 0 Å². The summed E-state index contributed by atoms with van der Waals surface area (Å²) in [5, 5.41) is 5.59. The summed E-state index contributed by atoms with van der Waals surface area (Å²) in [5.41, 5.74) is 5.27. The summed E-state index contributed by atoms with van der Waals surface area (Å²) in [6, 6.07) is 17.9. The largest absolute Gasteiger partial charge is 0.493 e. The van der Waals surface area contributed by atoms with Crippen LogP contribution in [0.15, 0.2) is 60.9 Å². The predicted octanol–water partition coefficient (Wildman–Crippen LogP) is 4.33. The minimum atomic E-state index is 0.242. The molecule has 0 aliphatic carbocycles. The van der Waals surface area contributed by atoms with Crippen LogP contribution in [-0.2, 0) is 13.2 Å². The van der Waals surface area contributed by atoms with Gasteiger partial charge in [-0.3, -0.25) is 0 Å². The number of rotatable bonds is 6. The molecule has 0 saturated heterocycles. The zero-order valence-corrected chi connectivity index (χ0v) is 17.7. The molecule has 31 heavy (non-hydrogen) atoms. The molecule has 5 aromatic rings. The summed E-state index contributed by atoms with van der Waals surface area (Å²) in [7, 11) is 1.62. The summed E-state index contributed by atoms with van der Waals surface area (Å²) >= 11 is 0. The minimum absolute atomic E-state index is 0.242. The van der Waals surface area contributed by atoms with E-state index in [4.69, 9.17) is 19.4 Å². The molecule has 2 aromatic carbocycles. The van der Waals surface area contributed by atoms with Crippen molar-refractivity contribution in [1.29, 1.82) is 0 Å². The van der Waals surface area contributed by atoms with Crippen molar-refractivity contribution in [1.82, 2.24) is 24.1 Å². The van der Waals surface area contributed by atoms with Crippen LogP contribution < -0.4 is 9.47 Å². The van der Waals surface area contributed by atoms with E-state index in [2.05, 4.69) is 47.8 Å². The van der Waals surface area contributed by atoms with Gasteiger partial charge in [0.25, 0.3) is 0 Å². The molecule has 0 N–H and O–H groups in total. The van der Waals surface area contributed by atoms with E-state index in [9.17, 15) is 0 Å². The maximum Gasteiger partial charge on any atom is 0.189 e. The zero-order chi connectivity index (χ0) is 21.4. The first kappa shape index (κ1) is 19.1. The molecule has 0 aliphatic heterocycles. The number of hydrogen-bond acceptors (Lipinski definition) is 5. The molecule has 0 unspecified atom stereocenters. The molecule has 5 rings (SSSR count). The zero-order valence-electron chi connectivity index (χ0n) is 17.7. The highest BCUT2D eigenvalue weighted by molar-refractivity contribution is 5.93. The van der Waals surface area contributed by atoms with Gasteiger partial charge >= 0.3 is 0 Å². The van der Waals surface area contributed by atoms with Gasteiger partial charge in [0.2, 0.25) is 0 Å². The molecule has 3 aromatic heterocycles. The van der Waals surface area contributed by atoms with E-state index in [0.29, 0.717) is 17.3 Å². The SMILES string of the molecule is COc1ccccc1OCc1nc2c3c(C)c(C)n(Cc4ccccc4)c3ncn2n1. The van der Waals surface area contributed by atoms with Crippen LogP contribution >= 0.6 is 0 Å². The van der Waals surface area contributed by atoms with Crippen LogP contribution in [-0.4, -0.2) is 31.3 Å². The summed E-state index contributed by atoms with van der Waals surface area (Å²) < 4.78 is 15.2. The first-order valence-corrected chi connectivity index (χ1v) is 10.1. The Hall–Kier alpha value is -3.87. The van der Waals surface area contributed by atoms with Crippen LogP contribution in [0.1, 0.15) is 22.6 Å². The van der Waals surface area contributed by atoms with E-state index >= 15 is 0 Å². The van der Waals surface area contributed by atoms with E-state index in [0.717, 1.165) is 28.8 Å². The molecule has 0 aliphatic rings. The molecule has 0 bridgehead atoms. The van der Waals surface area contributed by atoms with Gasteiger partial charge < -0.3 is 14.0 Å². The van der Waals surface area contributed by atoms with Crippen LogP contribution in [0.5, 0.6) is 11.5 Å². The van der Waals surface area contributed by atoms with Crippen molar-refractivity contribution in [2.75, 3.05) is 7.11 Å². The van der Waals surface area contributed by atoms with Gasteiger partial charge in [0.05, 0.1) is 12.5 Å². The lowest BCUT2D eigenvalue weighted by atomic mass is 10.2. The van der Waals surface area contributed by atoms with Crippen molar-refractivity contribution >= 4 is 16.7 Å². The van der Waals surface area contributed by atoms with Gasteiger partial charge in [-0.15, -0.1) is 5.10 Å². The van der Waals surface area contributed by atoms with Crippen LogP contribution in [0.4, 0.5) is 0 Å². The molecule has 0 amide bonds. The number of ether oxygens (including phenoxy) is 2. The summed E-state index contributed by atoms with van der Waals surface area (Å²) in [4.78, 5) is 9.48. The van der Waals surface area contributed by atoms with Gasteiger partial charge in [0.15, 0.2) is 23.0 Å². The Morgan fingerprint density at radius 3 is 2.42 bits per heavy atom. The highest BCUT2D eigenvalue weighted by Gasteiger charge is 2.18. The first-order chi connectivity index (χ1) is 15.2. The van der Waals surface area contributed by atoms with E-state index < -0.39 is 0 Å². The molecule has 156 valence electrons. The third-order valence-corrected chi connectivity index (χ3v) is 5.60. The Morgan fingerprint density at radius 2 is 1.65 bits per heavy atom. The van der Waals surface area contributed by atoms with E-state index in [1.807, 2.05) is 30.3 Å². The quantitative estimate of drug-likeness (QED) is 0.414. The minimum Gasteiger partial charge on any atom is -0.493 e. The van der Waals surface area contributed by atoms with Crippen molar-refractivity contribution in [2.45, 2.75) is 27.0 Å². The normalized spacial score (nSPS) is 11.3. The molecule has 0 saturated carbocycles.